The van der Waals surface area contributed by atoms with Crippen molar-refractivity contribution >= 4 is 12.0 Å². The first kappa shape index (κ1) is 21.4. The molecule has 4 rings (SSSR count). The number of hydrogen-bond acceptors (Lipinski definition) is 5. The van der Waals surface area contributed by atoms with Gasteiger partial charge >= 0.3 is 6.09 Å². The number of aryl methyl sites for hydroxylation is 1. The molecule has 2 saturated heterocycles. The fourth-order valence-electron chi connectivity index (χ4n) is 4.39. The molecule has 1 aromatic carbocycles. The van der Waals surface area contributed by atoms with Gasteiger partial charge in [0.05, 0.1) is 31.5 Å². The number of aromatic nitrogens is 2. The minimum absolute atomic E-state index is 0.0812. The van der Waals surface area contributed by atoms with Crippen molar-refractivity contribution in [3.05, 3.63) is 53.9 Å². The molecule has 2 bridgehead atoms. The van der Waals surface area contributed by atoms with Gasteiger partial charge in [-0.25, -0.2) is 4.79 Å². The van der Waals surface area contributed by atoms with Crippen molar-refractivity contribution in [3.63, 3.8) is 0 Å². The van der Waals surface area contributed by atoms with Crippen LogP contribution in [0.2, 0.25) is 0 Å². The van der Waals surface area contributed by atoms with Gasteiger partial charge in [0, 0.05) is 26.2 Å². The lowest BCUT2D eigenvalue weighted by atomic mass is 9.99. The SMILES string of the molecule is Cn1ccc(CN2C(=O)[C@]3(COCc4ccccc4)C[C@H]2CN3C(=O)OC(C)(C)C)n1. The molecule has 2 aromatic rings. The molecule has 31 heavy (non-hydrogen) atoms. The van der Waals surface area contributed by atoms with Crippen molar-refractivity contribution in [2.75, 3.05) is 13.2 Å². The van der Waals surface area contributed by atoms with Crippen LogP contribution in [0, 0.1) is 0 Å². The fraction of sp³-hybridized carbons (Fsp3) is 0.522. The molecular weight excluding hydrogens is 396 g/mol. The molecule has 0 spiro atoms. The Balaban J connectivity index is 1.53. The second-order valence-corrected chi connectivity index (χ2v) is 9.37. The molecule has 1 aromatic heterocycles. The van der Waals surface area contributed by atoms with Crippen LogP contribution >= 0.6 is 0 Å². The quantitative estimate of drug-likeness (QED) is 0.710. The highest BCUT2D eigenvalue weighted by atomic mass is 16.6. The Morgan fingerprint density at radius 1 is 1.23 bits per heavy atom. The summed E-state index contributed by atoms with van der Waals surface area (Å²) in [6.07, 6.45) is 1.93. The molecule has 0 unspecified atom stereocenters. The smallest absolute Gasteiger partial charge is 0.411 e. The number of nitrogens with zero attached hydrogens (tertiary/aromatic N) is 4. The van der Waals surface area contributed by atoms with Crippen molar-refractivity contribution < 1.29 is 19.1 Å². The predicted molar refractivity (Wildman–Crippen MR) is 114 cm³/mol. The van der Waals surface area contributed by atoms with E-state index in [-0.39, 0.29) is 18.6 Å². The first-order chi connectivity index (χ1) is 14.7. The highest BCUT2D eigenvalue weighted by Crippen LogP contribution is 2.43. The van der Waals surface area contributed by atoms with Gasteiger partial charge in [0.15, 0.2) is 5.54 Å². The third-order valence-electron chi connectivity index (χ3n) is 5.75. The van der Waals surface area contributed by atoms with E-state index in [1.54, 1.807) is 9.58 Å². The number of fused-ring (bicyclic) bond motifs is 2. The van der Waals surface area contributed by atoms with Crippen LogP contribution in [0.4, 0.5) is 4.79 Å². The number of carbonyl (C=O) groups is 2. The van der Waals surface area contributed by atoms with Crippen LogP contribution in [0.15, 0.2) is 42.6 Å². The highest BCUT2D eigenvalue weighted by molar-refractivity contribution is 5.94. The summed E-state index contributed by atoms with van der Waals surface area (Å²) in [5.74, 6) is -0.103. The van der Waals surface area contributed by atoms with E-state index in [0.717, 1.165) is 11.3 Å². The van der Waals surface area contributed by atoms with Gasteiger partial charge in [-0.15, -0.1) is 0 Å². The average Bonchev–Trinajstić information content (AvgIpc) is 3.35. The van der Waals surface area contributed by atoms with Gasteiger partial charge in [-0.1, -0.05) is 30.3 Å². The maximum absolute atomic E-state index is 13.6. The van der Waals surface area contributed by atoms with Crippen LogP contribution in [-0.4, -0.2) is 61.9 Å². The van der Waals surface area contributed by atoms with Gasteiger partial charge in [-0.05, 0) is 32.4 Å². The third-order valence-corrected chi connectivity index (χ3v) is 5.75. The Labute approximate surface area is 182 Å². The lowest BCUT2D eigenvalue weighted by Gasteiger charge is -2.41. The zero-order chi connectivity index (χ0) is 22.2. The highest BCUT2D eigenvalue weighted by Gasteiger charge is 2.63. The van der Waals surface area contributed by atoms with Gasteiger partial charge in [0.2, 0.25) is 0 Å². The molecule has 0 aliphatic carbocycles. The molecule has 0 saturated carbocycles. The molecule has 3 heterocycles. The van der Waals surface area contributed by atoms with Crippen LogP contribution in [0.5, 0.6) is 0 Å². The summed E-state index contributed by atoms with van der Waals surface area (Å²) < 4.78 is 13.3. The van der Waals surface area contributed by atoms with Crippen LogP contribution in [0.25, 0.3) is 0 Å². The van der Waals surface area contributed by atoms with Gasteiger partial charge in [-0.2, -0.15) is 5.10 Å². The van der Waals surface area contributed by atoms with Crippen molar-refractivity contribution in [2.45, 2.75) is 57.5 Å². The molecule has 2 aliphatic heterocycles. The fourth-order valence-corrected chi connectivity index (χ4v) is 4.39. The summed E-state index contributed by atoms with van der Waals surface area (Å²) >= 11 is 0. The second kappa shape index (κ2) is 8.00. The Hall–Kier alpha value is -2.87. The predicted octanol–water partition coefficient (Wildman–Crippen LogP) is 2.73. The van der Waals surface area contributed by atoms with Gasteiger partial charge in [-0.3, -0.25) is 14.4 Å². The largest absolute Gasteiger partial charge is 0.444 e. The Bertz CT molecular complexity index is 952. The Morgan fingerprint density at radius 3 is 2.61 bits per heavy atom. The standard InChI is InChI=1S/C23H30N4O4/c1-22(2,3)31-21(29)27-14-19-12-23(27,16-30-15-17-8-6-5-7-9-17)20(28)26(19)13-18-10-11-25(4)24-18/h5-11,19H,12-16H2,1-4H3/t19-,23+/m0/s1. The third kappa shape index (κ3) is 4.30. The number of ether oxygens (including phenoxy) is 2. The van der Waals surface area contributed by atoms with E-state index in [9.17, 15) is 9.59 Å². The summed E-state index contributed by atoms with van der Waals surface area (Å²) in [7, 11) is 1.85. The van der Waals surface area contributed by atoms with Gasteiger partial charge < -0.3 is 14.4 Å². The van der Waals surface area contributed by atoms with Crippen LogP contribution in [0.3, 0.4) is 0 Å². The van der Waals surface area contributed by atoms with Crippen LogP contribution in [-0.2, 0) is 34.5 Å². The number of amides is 2. The summed E-state index contributed by atoms with van der Waals surface area (Å²) in [6, 6.07) is 11.6. The van der Waals surface area contributed by atoms with Crippen LogP contribution < -0.4 is 0 Å². The number of likely N-dealkylation sites (tertiary alicyclic amines) is 2. The monoisotopic (exact) mass is 426 g/mol. The normalized spacial score (nSPS) is 23.0. The minimum atomic E-state index is -1.05. The Morgan fingerprint density at radius 2 is 1.97 bits per heavy atom. The molecule has 8 heteroatoms. The Kier molecular flexibility index (Phi) is 5.51. The molecule has 2 amide bonds. The number of benzene rings is 1. The summed E-state index contributed by atoms with van der Waals surface area (Å²) in [5, 5.41) is 4.41. The van der Waals surface area contributed by atoms with Gasteiger partial charge in [0.1, 0.15) is 5.60 Å². The van der Waals surface area contributed by atoms with E-state index >= 15 is 0 Å². The molecular formula is C23H30N4O4. The van der Waals surface area contributed by atoms with E-state index in [1.807, 2.05) is 75.3 Å². The first-order valence-corrected chi connectivity index (χ1v) is 10.6. The number of carbonyl (C=O) groups excluding carboxylic acids is 2. The molecule has 0 radical (unpaired) electrons. The van der Waals surface area contributed by atoms with E-state index in [0.29, 0.717) is 26.1 Å². The molecule has 2 fully saturated rings. The molecule has 166 valence electrons. The lowest BCUT2D eigenvalue weighted by Crippen LogP contribution is -2.62. The van der Waals surface area contributed by atoms with Crippen molar-refractivity contribution in [1.82, 2.24) is 19.6 Å². The van der Waals surface area contributed by atoms with Crippen molar-refractivity contribution in [2.24, 2.45) is 7.05 Å². The molecule has 0 N–H and O–H groups in total. The second-order valence-electron chi connectivity index (χ2n) is 9.37. The molecule has 2 aliphatic rings. The lowest BCUT2D eigenvalue weighted by molar-refractivity contribution is -0.147. The van der Waals surface area contributed by atoms with Crippen molar-refractivity contribution in [3.8, 4) is 0 Å². The summed E-state index contributed by atoms with van der Waals surface area (Å²) in [4.78, 5) is 30.0. The maximum Gasteiger partial charge on any atom is 0.411 e. The van der Waals surface area contributed by atoms with E-state index in [2.05, 4.69) is 5.10 Å². The van der Waals surface area contributed by atoms with E-state index < -0.39 is 17.2 Å². The van der Waals surface area contributed by atoms with Crippen molar-refractivity contribution in [1.29, 1.82) is 0 Å². The van der Waals surface area contributed by atoms with Crippen LogP contribution in [0.1, 0.15) is 38.4 Å². The summed E-state index contributed by atoms with van der Waals surface area (Å²) in [6.45, 7) is 6.85. The summed E-state index contributed by atoms with van der Waals surface area (Å²) in [5.41, 5.74) is 0.166. The van der Waals surface area contributed by atoms with E-state index in [1.165, 1.54) is 0 Å². The first-order valence-electron chi connectivity index (χ1n) is 10.6. The maximum atomic E-state index is 13.6. The van der Waals surface area contributed by atoms with Gasteiger partial charge in [0.25, 0.3) is 5.91 Å². The molecule has 8 nitrogen and oxygen atoms in total. The zero-order valence-electron chi connectivity index (χ0n) is 18.6. The number of hydrogen-bond donors (Lipinski definition) is 0. The molecule has 2 atom stereocenters. The topological polar surface area (TPSA) is 76.9 Å². The zero-order valence-corrected chi connectivity index (χ0v) is 18.6. The number of piperazine rings is 1. The minimum Gasteiger partial charge on any atom is -0.444 e. The van der Waals surface area contributed by atoms with E-state index in [4.69, 9.17) is 9.47 Å². The average molecular weight is 427 g/mol. The number of rotatable bonds is 6.